The Balaban J connectivity index is 2.97. The number of halogens is 51. The van der Waals surface area contributed by atoms with Gasteiger partial charge in [-0.25, -0.2) is 4.79 Å². The second-order valence-electron chi connectivity index (χ2n) is 25.1. The van der Waals surface area contributed by atoms with Gasteiger partial charge in [0.1, 0.15) is 6.10 Å². The lowest BCUT2D eigenvalue weighted by Crippen LogP contribution is -2.74. The first-order valence-electron chi connectivity index (χ1n) is 29.4. The monoisotopic (exact) mass is 1750 g/mol. The molecule has 0 bridgehead atoms. The third-order valence-corrected chi connectivity index (χ3v) is 16.9. The van der Waals surface area contributed by atoms with E-state index in [9.17, 15) is 212 Å². The molecule has 111 heavy (non-hydrogen) atoms. The highest BCUT2D eigenvalue weighted by Crippen LogP contribution is 2.69. The van der Waals surface area contributed by atoms with Crippen molar-refractivity contribution in [3.8, 4) is 0 Å². The van der Waals surface area contributed by atoms with Crippen LogP contribution in [0.3, 0.4) is 0 Å². The summed E-state index contributed by atoms with van der Waals surface area (Å²) in [4.78, 5) is 38.8. The fourth-order valence-electron chi connectivity index (χ4n) is 9.93. The summed E-state index contributed by atoms with van der Waals surface area (Å²) in [7, 11) is 0. The van der Waals surface area contributed by atoms with Crippen LogP contribution in [-0.4, -0.2) is 196 Å². The molecule has 0 saturated heterocycles. The van der Waals surface area contributed by atoms with Gasteiger partial charge in [0.05, 0.1) is 5.56 Å². The maximum Gasteiger partial charge on any atom is 0.460 e. The van der Waals surface area contributed by atoms with E-state index >= 15 is 26.3 Å². The van der Waals surface area contributed by atoms with Gasteiger partial charge in [0.2, 0.25) is 11.8 Å². The van der Waals surface area contributed by atoms with E-state index in [1.807, 2.05) is 0 Å². The van der Waals surface area contributed by atoms with Crippen LogP contribution in [0.4, 0.5) is 224 Å². The third-order valence-electron chi connectivity index (χ3n) is 16.9. The number of carbonyl (C=O) groups excluding carboxylic acids is 3. The van der Waals surface area contributed by atoms with E-state index in [1.54, 1.807) is 20.8 Å². The molecule has 1 aromatic rings. The van der Waals surface area contributed by atoms with Gasteiger partial charge in [-0.1, -0.05) is 39.3 Å². The summed E-state index contributed by atoms with van der Waals surface area (Å²) in [5.74, 6) is -193. The van der Waals surface area contributed by atoms with Gasteiger partial charge in [-0.05, 0) is 61.1 Å². The number of hydrogen-bond donors (Lipinski definition) is 0. The van der Waals surface area contributed by atoms with Crippen LogP contribution in [0.15, 0.2) is 24.3 Å². The molecule has 0 radical (unpaired) electrons. The number of rotatable bonds is 37. The second-order valence-corrected chi connectivity index (χ2v) is 25.1. The minimum absolute atomic E-state index is 0.131. The van der Waals surface area contributed by atoms with Crippen LogP contribution in [-0.2, 0) is 20.9 Å². The fraction of sp³-hybridized carbons (Fsp3) is 0.833. The van der Waals surface area contributed by atoms with Crippen LogP contribution in [0.25, 0.3) is 0 Å². The normalized spacial score (nSPS) is 18.4. The van der Waals surface area contributed by atoms with Crippen LogP contribution in [0.1, 0.15) is 101 Å². The Labute approximate surface area is 584 Å². The molecule has 0 aliphatic heterocycles. The SMILES string of the molecule is CC(C)[C@@H]1CC[C@@H](C)C[C@H]1OC(=O)c1ccc(CN(CCCC(F)(F)C(F)(F)C(F)(F)C(F)(F)C(F)(F)C(F)(F)C(F)(F)C(F)(F)F)C(=O)CCN(CCCC(F)(F)C(F)(F)C(F)(F)C(F)(F)C(F)(F)C(F)(F)C(F)(F)C(F)(F)F)C(=O)CCC(F)(F)C(F)(F)C(F)(F)C(F)(F)C(F)(F)C(F)(F)C(F)(F)C(F)(F)F)cc1. The summed E-state index contributed by atoms with van der Waals surface area (Å²) in [5, 5.41) is 0. The quantitative estimate of drug-likeness (QED) is 0.0492. The predicted octanol–water partition coefficient (Wildman–Crippen LogP) is 22.2. The molecule has 1 aliphatic carbocycles. The molecule has 6 nitrogen and oxygen atoms in total. The maximum atomic E-state index is 15.1. The first-order chi connectivity index (χ1) is 48.4. The van der Waals surface area contributed by atoms with Crippen molar-refractivity contribution in [2.45, 2.75) is 241 Å². The maximum absolute atomic E-state index is 15.1. The average Bonchev–Trinajstić information content (AvgIpc) is 0.705. The van der Waals surface area contributed by atoms with Crippen molar-refractivity contribution in [2.75, 3.05) is 19.6 Å². The molecule has 2 rings (SSSR count). The molecule has 0 aromatic heterocycles. The molecule has 652 valence electrons. The Bertz CT molecular complexity index is 3350. The molecule has 2 amide bonds. The summed E-state index contributed by atoms with van der Waals surface area (Å²) >= 11 is 0. The molecule has 0 heterocycles. The second kappa shape index (κ2) is 30.6. The highest BCUT2D eigenvalue weighted by atomic mass is 19.5. The van der Waals surface area contributed by atoms with Gasteiger partial charge < -0.3 is 14.5 Å². The van der Waals surface area contributed by atoms with Gasteiger partial charge in [0, 0.05) is 58.3 Å². The lowest BCUT2D eigenvalue weighted by molar-refractivity contribution is -0.461. The van der Waals surface area contributed by atoms with E-state index in [2.05, 4.69) is 0 Å². The van der Waals surface area contributed by atoms with Crippen LogP contribution in [0, 0.1) is 17.8 Å². The van der Waals surface area contributed by atoms with Crippen LogP contribution in [0.5, 0.6) is 0 Å². The lowest BCUT2D eigenvalue weighted by atomic mass is 9.75. The summed E-state index contributed by atoms with van der Waals surface area (Å²) in [6.07, 6.45) is -47.0. The van der Waals surface area contributed by atoms with Crippen molar-refractivity contribution in [3.63, 3.8) is 0 Å². The first kappa shape index (κ1) is 101. The van der Waals surface area contributed by atoms with E-state index in [4.69, 9.17) is 4.74 Å². The Morgan fingerprint density at radius 3 is 0.892 bits per heavy atom. The van der Waals surface area contributed by atoms with Crippen molar-refractivity contribution in [1.82, 2.24) is 9.80 Å². The third kappa shape index (κ3) is 16.7. The number of esters is 1. The van der Waals surface area contributed by atoms with Crippen molar-refractivity contribution >= 4 is 17.8 Å². The molecule has 1 aliphatic rings. The zero-order chi connectivity index (χ0) is 88.8. The molecule has 1 fully saturated rings. The Kier molecular flexibility index (Phi) is 27.9. The topological polar surface area (TPSA) is 66.9 Å². The van der Waals surface area contributed by atoms with Gasteiger partial charge in [-0.3, -0.25) is 9.59 Å². The Morgan fingerprint density at radius 2 is 0.604 bits per heavy atom. The molecule has 1 saturated carbocycles. The molecule has 57 heteroatoms. The van der Waals surface area contributed by atoms with Gasteiger partial charge >= 0.3 is 149 Å². The zero-order valence-electron chi connectivity index (χ0n) is 53.8. The van der Waals surface area contributed by atoms with E-state index < -0.39 is 259 Å². The van der Waals surface area contributed by atoms with Crippen LogP contribution >= 0.6 is 0 Å². The summed E-state index contributed by atoms with van der Waals surface area (Å²) in [6.45, 7) is -4.01. The van der Waals surface area contributed by atoms with Gasteiger partial charge in [0.15, 0.2) is 0 Å². The van der Waals surface area contributed by atoms with Gasteiger partial charge in [-0.2, -0.15) is 224 Å². The van der Waals surface area contributed by atoms with Crippen molar-refractivity contribution in [2.24, 2.45) is 17.8 Å². The Morgan fingerprint density at radius 1 is 0.342 bits per heavy atom. The van der Waals surface area contributed by atoms with E-state index in [0.717, 1.165) is 0 Å². The first-order valence-corrected chi connectivity index (χ1v) is 29.4. The number of alkyl halides is 51. The minimum Gasteiger partial charge on any atom is -0.458 e. The average molecular weight is 1750 g/mol. The van der Waals surface area contributed by atoms with E-state index in [1.165, 1.54) is 0 Å². The van der Waals surface area contributed by atoms with Crippen molar-refractivity contribution < 1.29 is 243 Å². The molecular formula is C54H45F51N2O4. The number of nitrogens with zero attached hydrogens (tertiary/aromatic N) is 2. The van der Waals surface area contributed by atoms with Crippen molar-refractivity contribution in [3.05, 3.63) is 35.4 Å². The van der Waals surface area contributed by atoms with Crippen molar-refractivity contribution in [1.29, 1.82) is 0 Å². The zero-order valence-corrected chi connectivity index (χ0v) is 53.8. The van der Waals surface area contributed by atoms with Gasteiger partial charge in [-0.15, -0.1) is 0 Å². The number of hydrogen-bond acceptors (Lipinski definition) is 4. The number of carbonyl (C=O) groups is 3. The summed E-state index contributed by atoms with van der Waals surface area (Å²) in [6, 6.07) is 2.37. The highest BCUT2D eigenvalue weighted by molar-refractivity contribution is 5.89. The lowest BCUT2D eigenvalue weighted by Gasteiger charge is -2.43. The largest absolute Gasteiger partial charge is 0.460 e. The highest BCUT2D eigenvalue weighted by Gasteiger charge is 2.99. The molecule has 1 aromatic carbocycles. The van der Waals surface area contributed by atoms with Crippen LogP contribution in [0.2, 0.25) is 0 Å². The predicted molar refractivity (Wildman–Crippen MR) is 263 cm³/mol. The fourth-order valence-corrected chi connectivity index (χ4v) is 9.93. The summed E-state index contributed by atoms with van der Waals surface area (Å²) in [5.41, 5.74) is -1.34. The standard InChI is InChI=1S/C54H45F51N2O4/c1-22(2)26-11-6-23(3)20-27(26)111-30(110)25-9-7-24(8-10-25)21-107(18-5-15-32(57,58)35(63,64)38(69,70)41(75,76)44(81,82)47(87,88)50(93,94)53(100,101)102)29(109)13-19-106(17-4-14-31(55,56)34(61,62)37(67,68)40(73,74)43(79,80)46(85,86)49(91,92)52(97,98)99)28(108)12-16-33(59,60)36(65,66)39(71,72)42(77,78)45(83,84)48(89,90)51(95,96)54(103,104)105/h7-10,22-23,26-27H,4-6,11-21H2,1-3H3/t23-,26+,27-/m1/s1. The molecule has 3 atom stereocenters. The van der Waals surface area contributed by atoms with E-state index in [0.29, 0.717) is 37.1 Å². The number of amides is 2. The smallest absolute Gasteiger partial charge is 0.458 e. The molecular weight excluding hydrogens is 1710 g/mol. The number of benzene rings is 1. The molecule has 0 unspecified atom stereocenters. The Hall–Kier alpha value is -5.94. The molecule has 0 N–H and O–H groups in total. The number of ether oxygens (including phenoxy) is 1. The summed E-state index contributed by atoms with van der Waals surface area (Å²) < 4.78 is 720. The minimum atomic E-state index is -9.41. The van der Waals surface area contributed by atoms with Gasteiger partial charge in [0.25, 0.3) is 0 Å². The van der Waals surface area contributed by atoms with E-state index in [-0.39, 0.29) is 24.2 Å². The molecule has 0 spiro atoms. The van der Waals surface area contributed by atoms with Crippen LogP contribution < -0.4 is 0 Å².